The maximum atomic E-state index is 11.0. The summed E-state index contributed by atoms with van der Waals surface area (Å²) in [6.07, 6.45) is 2.27. The molecule has 0 amide bonds. The van der Waals surface area contributed by atoms with Crippen LogP contribution in [-0.2, 0) is 36.1 Å². The van der Waals surface area contributed by atoms with Crippen LogP contribution in [-0.4, -0.2) is 39.8 Å². The molecule has 0 aliphatic carbocycles. The van der Waals surface area contributed by atoms with Crippen molar-refractivity contribution in [3.63, 3.8) is 0 Å². The number of carboxylic acid groups (broad SMARTS) is 1. The van der Waals surface area contributed by atoms with Crippen LogP contribution in [0.1, 0.15) is 30.5 Å². The fourth-order valence-corrected chi connectivity index (χ4v) is 3.31. The number of aromatic nitrogens is 1. The first-order chi connectivity index (χ1) is 10.9. The van der Waals surface area contributed by atoms with Crippen LogP contribution >= 0.6 is 0 Å². The van der Waals surface area contributed by atoms with Crippen molar-refractivity contribution in [1.82, 2.24) is 9.47 Å². The summed E-state index contributed by atoms with van der Waals surface area (Å²) >= 11 is 0. The van der Waals surface area contributed by atoms with E-state index in [1.165, 1.54) is 11.1 Å². The first-order valence-corrected chi connectivity index (χ1v) is 8.09. The second-order valence-electron chi connectivity index (χ2n) is 6.60. The number of rotatable bonds is 6. The summed E-state index contributed by atoms with van der Waals surface area (Å²) < 4.78 is 7.66. The number of carboxylic acids is 1. The normalized spacial score (nSPS) is 14.8. The summed E-state index contributed by atoms with van der Waals surface area (Å²) in [5.41, 5.74) is 4.64. The molecule has 0 unspecified atom stereocenters. The lowest BCUT2D eigenvalue weighted by Crippen LogP contribution is -2.23. The van der Waals surface area contributed by atoms with Gasteiger partial charge in [0.2, 0.25) is 0 Å². The van der Waals surface area contributed by atoms with E-state index in [1.54, 1.807) is 0 Å². The standard InChI is InChI=1S/C18H24N2O3/c1-12(2)23-5-4-20-10-13-6-16-15(8-18(21)22)9-19(3)17(16)7-14(13)11-20/h6-7,9,12H,4-5,8,10-11H2,1-3H3,(H,21,22). The van der Waals surface area contributed by atoms with E-state index >= 15 is 0 Å². The number of benzene rings is 1. The van der Waals surface area contributed by atoms with Crippen LogP contribution in [0, 0.1) is 0 Å². The fourth-order valence-electron chi connectivity index (χ4n) is 3.31. The molecular weight excluding hydrogens is 292 g/mol. The van der Waals surface area contributed by atoms with E-state index in [2.05, 4.69) is 30.9 Å². The summed E-state index contributed by atoms with van der Waals surface area (Å²) in [5.74, 6) is -0.787. The van der Waals surface area contributed by atoms with Gasteiger partial charge in [0.15, 0.2) is 0 Å². The van der Waals surface area contributed by atoms with E-state index in [4.69, 9.17) is 9.84 Å². The number of fused-ring (bicyclic) bond motifs is 2. The van der Waals surface area contributed by atoms with Crippen LogP contribution in [0.2, 0.25) is 0 Å². The van der Waals surface area contributed by atoms with Gasteiger partial charge in [0.05, 0.1) is 19.1 Å². The van der Waals surface area contributed by atoms with E-state index in [-0.39, 0.29) is 12.5 Å². The zero-order valence-corrected chi connectivity index (χ0v) is 14.0. The molecular formula is C18H24N2O3. The highest BCUT2D eigenvalue weighted by Gasteiger charge is 2.21. The maximum absolute atomic E-state index is 11.0. The molecule has 3 rings (SSSR count). The summed E-state index contributed by atoms with van der Waals surface area (Å²) in [4.78, 5) is 13.4. The van der Waals surface area contributed by atoms with Gasteiger partial charge in [-0.3, -0.25) is 9.69 Å². The minimum absolute atomic E-state index is 0.0715. The molecule has 0 fully saturated rings. The smallest absolute Gasteiger partial charge is 0.307 e. The molecule has 1 aromatic carbocycles. The molecule has 1 aromatic heterocycles. The number of aryl methyl sites for hydroxylation is 1. The van der Waals surface area contributed by atoms with Crippen LogP contribution in [0.15, 0.2) is 18.3 Å². The summed E-state index contributed by atoms with van der Waals surface area (Å²) in [5, 5.41) is 10.1. The number of hydrogen-bond donors (Lipinski definition) is 1. The van der Waals surface area contributed by atoms with Gasteiger partial charge in [0, 0.05) is 43.8 Å². The fraction of sp³-hybridized carbons (Fsp3) is 0.500. The van der Waals surface area contributed by atoms with Crippen molar-refractivity contribution in [3.8, 4) is 0 Å². The van der Waals surface area contributed by atoms with E-state index in [0.29, 0.717) is 0 Å². The number of carbonyl (C=O) groups is 1. The number of nitrogens with zero attached hydrogens (tertiary/aromatic N) is 2. The van der Waals surface area contributed by atoms with E-state index in [1.807, 2.05) is 17.8 Å². The summed E-state index contributed by atoms with van der Waals surface area (Å²) in [6.45, 7) is 7.62. The minimum atomic E-state index is -0.787. The van der Waals surface area contributed by atoms with Crippen molar-refractivity contribution in [2.45, 2.75) is 39.5 Å². The van der Waals surface area contributed by atoms with E-state index < -0.39 is 5.97 Å². The Balaban J connectivity index is 1.80. The molecule has 1 N–H and O–H groups in total. The highest BCUT2D eigenvalue weighted by molar-refractivity contribution is 5.89. The van der Waals surface area contributed by atoms with Crippen LogP contribution in [0.5, 0.6) is 0 Å². The Morgan fingerprint density at radius 3 is 2.65 bits per heavy atom. The molecule has 0 saturated carbocycles. The Morgan fingerprint density at radius 2 is 2.00 bits per heavy atom. The van der Waals surface area contributed by atoms with E-state index in [9.17, 15) is 4.79 Å². The molecule has 0 atom stereocenters. The average molecular weight is 316 g/mol. The molecule has 0 saturated heterocycles. The third kappa shape index (κ3) is 3.41. The molecule has 1 aliphatic rings. The van der Waals surface area contributed by atoms with Gasteiger partial charge in [-0.15, -0.1) is 0 Å². The quantitative estimate of drug-likeness (QED) is 0.890. The topological polar surface area (TPSA) is 54.7 Å². The Morgan fingerprint density at radius 1 is 1.30 bits per heavy atom. The lowest BCUT2D eigenvalue weighted by Gasteiger charge is -2.15. The van der Waals surface area contributed by atoms with Gasteiger partial charge in [-0.2, -0.15) is 0 Å². The van der Waals surface area contributed by atoms with Crippen molar-refractivity contribution in [1.29, 1.82) is 0 Å². The number of ether oxygens (including phenoxy) is 1. The molecule has 23 heavy (non-hydrogen) atoms. The van der Waals surface area contributed by atoms with Crippen molar-refractivity contribution in [2.75, 3.05) is 13.2 Å². The SMILES string of the molecule is CC(C)OCCN1Cc2cc3c(CC(=O)O)cn(C)c3cc2C1. The van der Waals surface area contributed by atoms with Crippen molar-refractivity contribution < 1.29 is 14.6 Å². The van der Waals surface area contributed by atoms with Crippen LogP contribution in [0.4, 0.5) is 0 Å². The third-order valence-electron chi connectivity index (χ3n) is 4.38. The van der Waals surface area contributed by atoms with E-state index in [0.717, 1.165) is 42.7 Å². The van der Waals surface area contributed by atoms with Gasteiger partial charge in [0.1, 0.15) is 0 Å². The average Bonchev–Trinajstić information content (AvgIpc) is 2.97. The summed E-state index contributed by atoms with van der Waals surface area (Å²) in [6, 6.07) is 4.38. The van der Waals surface area contributed by atoms with Gasteiger partial charge in [-0.05, 0) is 42.7 Å². The lowest BCUT2D eigenvalue weighted by atomic mass is 10.0. The second-order valence-corrected chi connectivity index (χ2v) is 6.60. The molecule has 5 nitrogen and oxygen atoms in total. The summed E-state index contributed by atoms with van der Waals surface area (Å²) in [7, 11) is 1.98. The molecule has 2 aromatic rings. The first-order valence-electron chi connectivity index (χ1n) is 8.09. The maximum Gasteiger partial charge on any atom is 0.307 e. The Bertz CT molecular complexity index is 733. The lowest BCUT2D eigenvalue weighted by molar-refractivity contribution is -0.136. The monoisotopic (exact) mass is 316 g/mol. The van der Waals surface area contributed by atoms with Gasteiger partial charge in [-0.25, -0.2) is 0 Å². The Hall–Kier alpha value is -1.85. The number of hydrogen-bond acceptors (Lipinski definition) is 3. The van der Waals surface area contributed by atoms with Gasteiger partial charge in [0.25, 0.3) is 0 Å². The van der Waals surface area contributed by atoms with Gasteiger partial charge in [-0.1, -0.05) is 0 Å². The molecule has 0 bridgehead atoms. The molecule has 0 radical (unpaired) electrons. The van der Waals surface area contributed by atoms with Crippen molar-refractivity contribution in [2.24, 2.45) is 7.05 Å². The molecule has 2 heterocycles. The number of aliphatic carboxylic acids is 1. The minimum Gasteiger partial charge on any atom is -0.481 e. The predicted octanol–water partition coefficient (Wildman–Crippen LogP) is 2.55. The van der Waals surface area contributed by atoms with Crippen LogP contribution in [0.3, 0.4) is 0 Å². The van der Waals surface area contributed by atoms with Gasteiger partial charge < -0.3 is 14.4 Å². The third-order valence-corrected chi connectivity index (χ3v) is 4.38. The zero-order chi connectivity index (χ0) is 16.6. The largest absolute Gasteiger partial charge is 0.481 e. The second kappa shape index (κ2) is 6.34. The predicted molar refractivity (Wildman–Crippen MR) is 89.5 cm³/mol. The van der Waals surface area contributed by atoms with Crippen molar-refractivity contribution in [3.05, 3.63) is 35.0 Å². The Kier molecular flexibility index (Phi) is 4.41. The Labute approximate surface area is 136 Å². The van der Waals surface area contributed by atoms with Crippen molar-refractivity contribution >= 4 is 16.9 Å². The molecule has 5 heteroatoms. The molecule has 0 spiro atoms. The molecule has 1 aliphatic heterocycles. The van der Waals surface area contributed by atoms with Crippen LogP contribution < -0.4 is 0 Å². The molecule has 124 valence electrons. The highest BCUT2D eigenvalue weighted by atomic mass is 16.5. The van der Waals surface area contributed by atoms with Gasteiger partial charge >= 0.3 is 5.97 Å². The highest BCUT2D eigenvalue weighted by Crippen LogP contribution is 2.30. The van der Waals surface area contributed by atoms with Crippen LogP contribution in [0.25, 0.3) is 10.9 Å². The first kappa shape index (κ1) is 16.0. The zero-order valence-electron chi connectivity index (χ0n) is 14.0.